The number of hydrogen-bond acceptors (Lipinski definition) is 4. The molecule has 1 fully saturated rings. The predicted octanol–water partition coefficient (Wildman–Crippen LogP) is 2.00. The highest BCUT2D eigenvalue weighted by atomic mass is 16.4. The molecule has 0 spiro atoms. The predicted molar refractivity (Wildman–Crippen MR) is 65.2 cm³/mol. The molecule has 0 radical (unpaired) electrons. The summed E-state index contributed by atoms with van der Waals surface area (Å²) < 4.78 is 1.73. The number of tetrazole rings is 1. The summed E-state index contributed by atoms with van der Waals surface area (Å²) in [6.45, 7) is 6.30. The van der Waals surface area contributed by atoms with E-state index in [2.05, 4.69) is 36.3 Å². The Morgan fingerprint density at radius 1 is 1.50 bits per heavy atom. The van der Waals surface area contributed by atoms with Gasteiger partial charge in [0, 0.05) is 5.92 Å². The Hall–Kier alpha value is -1.46. The molecule has 1 aromatic heterocycles. The van der Waals surface area contributed by atoms with Gasteiger partial charge in [0.25, 0.3) is 0 Å². The Labute approximate surface area is 106 Å². The first-order valence-electron chi connectivity index (χ1n) is 6.36. The number of nitrogens with zero attached hydrogens (tertiary/aromatic N) is 4. The molecule has 1 N–H and O–H groups in total. The van der Waals surface area contributed by atoms with Crippen LogP contribution in [0.4, 0.5) is 0 Å². The van der Waals surface area contributed by atoms with Crippen LogP contribution in [0.25, 0.3) is 0 Å². The minimum absolute atomic E-state index is 0.0485. The number of carbonyl (C=O) groups is 1. The number of carboxylic acid groups (broad SMARTS) is 1. The van der Waals surface area contributed by atoms with E-state index in [1.54, 1.807) is 4.68 Å². The van der Waals surface area contributed by atoms with Gasteiger partial charge in [0.1, 0.15) is 0 Å². The van der Waals surface area contributed by atoms with Crippen LogP contribution in [-0.2, 0) is 4.79 Å². The third-order valence-electron chi connectivity index (χ3n) is 3.06. The van der Waals surface area contributed by atoms with Crippen molar-refractivity contribution in [2.24, 2.45) is 5.41 Å². The molecule has 1 saturated carbocycles. The van der Waals surface area contributed by atoms with Crippen LogP contribution >= 0.6 is 0 Å². The normalized spacial score (nSPS) is 17.7. The maximum Gasteiger partial charge on any atom is 0.305 e. The van der Waals surface area contributed by atoms with Crippen LogP contribution in [0.3, 0.4) is 0 Å². The average Bonchev–Trinajstić information content (AvgIpc) is 2.92. The van der Waals surface area contributed by atoms with Gasteiger partial charge < -0.3 is 5.11 Å². The van der Waals surface area contributed by atoms with Gasteiger partial charge in [-0.15, -0.1) is 5.10 Å². The summed E-state index contributed by atoms with van der Waals surface area (Å²) in [6.07, 6.45) is 3.04. The lowest BCUT2D eigenvalue weighted by Gasteiger charge is -2.25. The molecule has 2 rings (SSSR count). The molecule has 100 valence electrons. The summed E-state index contributed by atoms with van der Waals surface area (Å²) >= 11 is 0. The lowest BCUT2D eigenvalue weighted by molar-refractivity contribution is -0.138. The quantitative estimate of drug-likeness (QED) is 0.866. The molecule has 1 unspecified atom stereocenters. The van der Waals surface area contributed by atoms with E-state index in [-0.39, 0.29) is 17.9 Å². The van der Waals surface area contributed by atoms with Crippen molar-refractivity contribution in [3.63, 3.8) is 0 Å². The molecule has 1 atom stereocenters. The van der Waals surface area contributed by atoms with E-state index in [4.69, 9.17) is 5.11 Å². The van der Waals surface area contributed by atoms with Crippen molar-refractivity contribution >= 4 is 5.97 Å². The number of carboxylic acids is 1. The molecule has 1 heterocycles. The van der Waals surface area contributed by atoms with Gasteiger partial charge in [0.15, 0.2) is 5.82 Å². The Morgan fingerprint density at radius 2 is 2.17 bits per heavy atom. The lowest BCUT2D eigenvalue weighted by atomic mass is 9.87. The van der Waals surface area contributed by atoms with Crippen LogP contribution in [0.5, 0.6) is 0 Å². The molecular weight excluding hydrogens is 232 g/mol. The molecule has 0 aromatic carbocycles. The van der Waals surface area contributed by atoms with Crippen molar-refractivity contribution in [1.82, 2.24) is 20.2 Å². The van der Waals surface area contributed by atoms with Crippen molar-refractivity contribution in [1.29, 1.82) is 0 Å². The summed E-state index contributed by atoms with van der Waals surface area (Å²) in [5.74, 6) is 0.475. The Kier molecular flexibility index (Phi) is 3.36. The molecule has 0 bridgehead atoms. The van der Waals surface area contributed by atoms with Gasteiger partial charge in [-0.2, -0.15) is 0 Å². The topological polar surface area (TPSA) is 80.9 Å². The van der Waals surface area contributed by atoms with Gasteiger partial charge in [0.2, 0.25) is 0 Å². The Balaban J connectivity index is 2.21. The summed E-state index contributed by atoms with van der Waals surface area (Å²) in [6, 6.07) is -0.159. The van der Waals surface area contributed by atoms with Crippen molar-refractivity contribution in [2.45, 2.75) is 58.4 Å². The van der Waals surface area contributed by atoms with Crippen LogP contribution in [0.2, 0.25) is 0 Å². The standard InChI is InChI=1S/C12H20N4O2/c1-12(2,3)7-9(6-10(17)18)16-11(8-4-5-8)13-14-15-16/h8-9H,4-7H2,1-3H3,(H,17,18). The van der Waals surface area contributed by atoms with E-state index in [9.17, 15) is 4.79 Å². The molecule has 6 heteroatoms. The van der Waals surface area contributed by atoms with Gasteiger partial charge >= 0.3 is 5.97 Å². The molecule has 0 aliphatic heterocycles. The molecular formula is C12H20N4O2. The van der Waals surface area contributed by atoms with Gasteiger partial charge in [-0.05, 0) is 35.1 Å². The summed E-state index contributed by atoms with van der Waals surface area (Å²) in [7, 11) is 0. The van der Waals surface area contributed by atoms with E-state index < -0.39 is 5.97 Å². The average molecular weight is 252 g/mol. The summed E-state index contributed by atoms with van der Waals surface area (Å²) in [4.78, 5) is 11.0. The zero-order valence-electron chi connectivity index (χ0n) is 11.1. The highest BCUT2D eigenvalue weighted by Crippen LogP contribution is 2.40. The fraction of sp³-hybridized carbons (Fsp3) is 0.833. The second-order valence-electron chi connectivity index (χ2n) is 6.27. The van der Waals surface area contributed by atoms with Gasteiger partial charge in [0.05, 0.1) is 12.5 Å². The van der Waals surface area contributed by atoms with Gasteiger partial charge in [-0.1, -0.05) is 20.8 Å². The van der Waals surface area contributed by atoms with Gasteiger partial charge in [-0.3, -0.25) is 4.79 Å². The monoisotopic (exact) mass is 252 g/mol. The van der Waals surface area contributed by atoms with Crippen molar-refractivity contribution in [3.8, 4) is 0 Å². The molecule has 1 aliphatic carbocycles. The van der Waals surface area contributed by atoms with E-state index in [0.717, 1.165) is 25.1 Å². The fourth-order valence-electron chi connectivity index (χ4n) is 2.22. The van der Waals surface area contributed by atoms with E-state index in [0.29, 0.717) is 5.92 Å². The molecule has 0 saturated heterocycles. The lowest BCUT2D eigenvalue weighted by Crippen LogP contribution is -2.22. The minimum atomic E-state index is -0.804. The molecule has 1 aromatic rings. The highest BCUT2D eigenvalue weighted by Gasteiger charge is 2.33. The Bertz CT molecular complexity index is 432. The van der Waals surface area contributed by atoms with Gasteiger partial charge in [-0.25, -0.2) is 4.68 Å². The number of rotatable bonds is 5. The number of hydrogen-bond donors (Lipinski definition) is 1. The van der Waals surface area contributed by atoms with Crippen molar-refractivity contribution < 1.29 is 9.90 Å². The van der Waals surface area contributed by atoms with Crippen molar-refractivity contribution in [2.75, 3.05) is 0 Å². The smallest absolute Gasteiger partial charge is 0.305 e. The maximum absolute atomic E-state index is 11.0. The van der Waals surface area contributed by atoms with E-state index >= 15 is 0 Å². The van der Waals surface area contributed by atoms with Crippen LogP contribution in [0, 0.1) is 5.41 Å². The van der Waals surface area contributed by atoms with Crippen LogP contribution < -0.4 is 0 Å². The highest BCUT2D eigenvalue weighted by molar-refractivity contribution is 5.67. The first-order valence-corrected chi connectivity index (χ1v) is 6.36. The molecule has 6 nitrogen and oxygen atoms in total. The van der Waals surface area contributed by atoms with Crippen molar-refractivity contribution in [3.05, 3.63) is 5.82 Å². The first kappa shape index (κ1) is 13.0. The molecule has 18 heavy (non-hydrogen) atoms. The first-order chi connectivity index (χ1) is 8.37. The zero-order chi connectivity index (χ0) is 13.3. The Morgan fingerprint density at radius 3 is 2.67 bits per heavy atom. The number of aliphatic carboxylic acids is 1. The van der Waals surface area contributed by atoms with E-state index in [1.807, 2.05) is 0 Å². The molecule has 0 amide bonds. The maximum atomic E-state index is 11.0. The van der Waals surface area contributed by atoms with Crippen LogP contribution in [-0.4, -0.2) is 31.3 Å². The summed E-state index contributed by atoms with van der Waals surface area (Å²) in [5.41, 5.74) is 0.0485. The third-order valence-corrected chi connectivity index (χ3v) is 3.06. The molecule has 1 aliphatic rings. The number of aromatic nitrogens is 4. The van der Waals surface area contributed by atoms with Crippen LogP contribution in [0.1, 0.15) is 64.2 Å². The fourth-order valence-corrected chi connectivity index (χ4v) is 2.22. The summed E-state index contributed by atoms with van der Waals surface area (Å²) in [5, 5.41) is 20.8. The third kappa shape index (κ3) is 3.27. The SMILES string of the molecule is CC(C)(C)CC(CC(=O)O)n1nnnc1C1CC1. The van der Waals surface area contributed by atoms with Crippen LogP contribution in [0.15, 0.2) is 0 Å². The minimum Gasteiger partial charge on any atom is -0.481 e. The largest absolute Gasteiger partial charge is 0.481 e. The second-order valence-corrected chi connectivity index (χ2v) is 6.27. The zero-order valence-corrected chi connectivity index (χ0v) is 11.1. The second kappa shape index (κ2) is 4.66. The van der Waals surface area contributed by atoms with E-state index in [1.165, 1.54) is 0 Å².